The monoisotopic (exact) mass is 325 g/mol. The number of carbonyl (C=O) groups excluding carboxylic acids is 1. The van der Waals surface area contributed by atoms with Crippen LogP contribution in [0, 0.1) is 0 Å². The van der Waals surface area contributed by atoms with Crippen molar-refractivity contribution in [2.45, 2.75) is 26.2 Å². The lowest BCUT2D eigenvalue weighted by molar-refractivity contribution is 0.0632. The van der Waals surface area contributed by atoms with Crippen LogP contribution < -0.4 is 10.1 Å². The Morgan fingerprint density at radius 2 is 2.26 bits per heavy atom. The van der Waals surface area contributed by atoms with Crippen molar-refractivity contribution in [3.05, 3.63) is 48.0 Å². The maximum Gasteiger partial charge on any atom is 0.320 e. The van der Waals surface area contributed by atoms with E-state index in [-0.39, 0.29) is 24.9 Å². The smallest absolute Gasteiger partial charge is 0.320 e. The lowest BCUT2D eigenvalue weighted by Gasteiger charge is -2.10. The summed E-state index contributed by atoms with van der Waals surface area (Å²) in [5.74, 6) is 0.0907. The average Bonchev–Trinajstić information content (AvgIpc) is 2.99. The van der Waals surface area contributed by atoms with Gasteiger partial charge in [-0.15, -0.1) is 0 Å². The second-order valence-corrected chi connectivity index (χ2v) is 4.90. The fourth-order valence-electron chi connectivity index (χ4n) is 1.85. The van der Waals surface area contributed by atoms with Crippen molar-refractivity contribution in [3.8, 4) is 5.75 Å². The molecule has 23 heavy (non-hydrogen) atoms. The van der Waals surface area contributed by atoms with E-state index in [4.69, 9.17) is 9.84 Å². The highest BCUT2D eigenvalue weighted by Crippen LogP contribution is 2.17. The molecule has 1 amide bonds. The van der Waals surface area contributed by atoms with E-state index in [2.05, 4.69) is 10.3 Å². The fraction of sp³-hybridized carbons (Fsp3) is 0.333. The van der Waals surface area contributed by atoms with Gasteiger partial charge in [0, 0.05) is 24.5 Å². The van der Waals surface area contributed by atoms with Crippen LogP contribution in [-0.4, -0.2) is 33.2 Å². The van der Waals surface area contributed by atoms with E-state index in [1.165, 1.54) is 18.5 Å². The van der Waals surface area contributed by atoms with Crippen molar-refractivity contribution in [2.75, 3.05) is 6.54 Å². The first-order valence-corrected chi connectivity index (χ1v) is 6.96. The number of amides is 1. The quantitative estimate of drug-likeness (QED) is 0.816. The molecule has 1 aromatic heterocycles. The predicted molar refractivity (Wildman–Crippen MR) is 78.3 cm³/mol. The molecular formula is C15H17F2N3O3. The molecule has 0 saturated heterocycles. The molecule has 1 heterocycles. The maximum absolute atomic E-state index is 12.7. The highest BCUT2D eigenvalue weighted by Gasteiger charge is 2.12. The Balaban J connectivity index is 2.00. The number of rotatable bonds is 7. The van der Waals surface area contributed by atoms with Crippen LogP contribution in [-0.2, 0) is 6.61 Å². The van der Waals surface area contributed by atoms with Gasteiger partial charge >= 0.3 is 6.55 Å². The van der Waals surface area contributed by atoms with E-state index in [0.29, 0.717) is 15.9 Å². The van der Waals surface area contributed by atoms with Crippen molar-refractivity contribution in [3.63, 3.8) is 0 Å². The average molecular weight is 325 g/mol. The molecule has 0 aliphatic heterocycles. The van der Waals surface area contributed by atoms with Crippen molar-refractivity contribution in [1.82, 2.24) is 14.9 Å². The van der Waals surface area contributed by atoms with Gasteiger partial charge in [-0.25, -0.2) is 4.98 Å². The van der Waals surface area contributed by atoms with Crippen molar-refractivity contribution >= 4 is 5.91 Å². The van der Waals surface area contributed by atoms with E-state index in [0.717, 1.165) is 0 Å². The van der Waals surface area contributed by atoms with Gasteiger partial charge in [0.15, 0.2) is 5.82 Å². The Labute approximate surface area is 131 Å². The lowest BCUT2D eigenvalue weighted by atomic mass is 10.2. The Hall–Kier alpha value is -2.48. The van der Waals surface area contributed by atoms with E-state index in [1.807, 2.05) is 0 Å². The summed E-state index contributed by atoms with van der Waals surface area (Å²) in [5, 5.41) is 11.7. The largest absolute Gasteiger partial charge is 0.486 e. The summed E-state index contributed by atoms with van der Waals surface area (Å²) in [6.07, 6.45) is 1.79. The highest BCUT2D eigenvalue weighted by atomic mass is 19.3. The van der Waals surface area contributed by atoms with Crippen LogP contribution in [0.5, 0.6) is 5.75 Å². The number of hydrogen-bond acceptors (Lipinski definition) is 4. The molecule has 0 fully saturated rings. The Kier molecular flexibility index (Phi) is 5.64. The molecule has 0 radical (unpaired) electrons. The van der Waals surface area contributed by atoms with E-state index >= 15 is 0 Å². The summed E-state index contributed by atoms with van der Waals surface area (Å²) in [7, 11) is 0. The zero-order valence-electron chi connectivity index (χ0n) is 12.4. The molecular weight excluding hydrogens is 308 g/mol. The van der Waals surface area contributed by atoms with Gasteiger partial charge in [0.25, 0.3) is 5.91 Å². The van der Waals surface area contributed by atoms with E-state index < -0.39 is 12.7 Å². The molecule has 0 aliphatic rings. The van der Waals surface area contributed by atoms with Crippen LogP contribution in [0.3, 0.4) is 0 Å². The summed E-state index contributed by atoms with van der Waals surface area (Å²) in [5.41, 5.74) is 0.348. The number of benzene rings is 1. The van der Waals surface area contributed by atoms with Crippen LogP contribution in [0.1, 0.15) is 29.7 Å². The number of aromatic nitrogens is 2. The molecule has 2 N–H and O–H groups in total. The minimum absolute atomic E-state index is 0.0870. The summed E-state index contributed by atoms with van der Waals surface area (Å²) in [6, 6.07) is 6.31. The minimum atomic E-state index is -2.69. The molecule has 1 aromatic carbocycles. The van der Waals surface area contributed by atoms with Gasteiger partial charge in [-0.1, -0.05) is 6.07 Å². The first-order valence-electron chi connectivity index (χ1n) is 6.96. The Bertz CT molecular complexity index is 659. The van der Waals surface area contributed by atoms with Gasteiger partial charge in [0.05, 0.1) is 6.10 Å². The number of halogens is 2. The van der Waals surface area contributed by atoms with Crippen molar-refractivity contribution < 1.29 is 23.4 Å². The Morgan fingerprint density at radius 3 is 2.96 bits per heavy atom. The van der Waals surface area contributed by atoms with Gasteiger partial charge in [-0.2, -0.15) is 8.78 Å². The molecule has 2 rings (SSSR count). The zero-order chi connectivity index (χ0) is 16.8. The molecule has 2 aromatic rings. The number of carbonyl (C=O) groups is 1. The highest BCUT2D eigenvalue weighted by molar-refractivity contribution is 5.94. The normalized spacial score (nSPS) is 12.2. The van der Waals surface area contributed by atoms with Crippen molar-refractivity contribution in [1.29, 1.82) is 0 Å². The second kappa shape index (κ2) is 7.68. The molecule has 0 bridgehead atoms. The number of aliphatic hydroxyl groups excluding tert-OH is 1. The van der Waals surface area contributed by atoms with Crippen molar-refractivity contribution in [2.24, 2.45) is 0 Å². The summed E-state index contributed by atoms with van der Waals surface area (Å²) in [6.45, 7) is -1.13. The third-order valence-electron chi connectivity index (χ3n) is 2.98. The number of alkyl halides is 2. The van der Waals surface area contributed by atoms with Crippen LogP contribution in [0.2, 0.25) is 0 Å². The number of hydrogen-bond donors (Lipinski definition) is 2. The van der Waals surface area contributed by atoms with E-state index in [9.17, 15) is 13.6 Å². The van der Waals surface area contributed by atoms with Crippen LogP contribution in [0.25, 0.3) is 0 Å². The number of ether oxygens (including phenoxy) is 1. The second-order valence-electron chi connectivity index (χ2n) is 4.90. The number of nitrogens with one attached hydrogen (secondary N) is 1. The number of imidazole rings is 1. The maximum atomic E-state index is 12.7. The van der Waals surface area contributed by atoms with E-state index in [1.54, 1.807) is 25.1 Å². The molecule has 1 unspecified atom stereocenters. The van der Waals surface area contributed by atoms with Gasteiger partial charge in [-0.3, -0.25) is 9.36 Å². The van der Waals surface area contributed by atoms with Crippen LogP contribution in [0.15, 0.2) is 36.7 Å². The molecule has 0 saturated carbocycles. The number of nitrogens with zero attached hydrogens (tertiary/aromatic N) is 2. The molecule has 0 spiro atoms. The van der Waals surface area contributed by atoms with Gasteiger partial charge in [0.2, 0.25) is 0 Å². The SMILES string of the molecule is CC(O)CNC(=O)c1cccc(OCc2nccn2C(F)F)c1. The standard InChI is InChI=1S/C15H17F2N3O3/c1-10(21)8-19-14(22)11-3-2-4-12(7-11)23-9-13-18-5-6-20(13)15(16)17/h2-7,10,15,21H,8-9H2,1H3,(H,19,22). The summed E-state index contributed by atoms with van der Waals surface area (Å²) in [4.78, 5) is 15.7. The van der Waals surface area contributed by atoms with Crippen LogP contribution in [0.4, 0.5) is 8.78 Å². The zero-order valence-corrected chi connectivity index (χ0v) is 12.4. The lowest BCUT2D eigenvalue weighted by Crippen LogP contribution is -2.30. The summed E-state index contributed by atoms with van der Waals surface area (Å²) >= 11 is 0. The summed E-state index contributed by atoms with van der Waals surface area (Å²) < 4.78 is 31.5. The number of aliphatic hydroxyl groups is 1. The molecule has 8 heteroatoms. The third-order valence-corrected chi connectivity index (χ3v) is 2.98. The predicted octanol–water partition coefficient (Wildman–Crippen LogP) is 1.97. The van der Waals surface area contributed by atoms with Gasteiger partial charge in [0.1, 0.15) is 12.4 Å². The Morgan fingerprint density at radius 1 is 1.48 bits per heavy atom. The minimum Gasteiger partial charge on any atom is -0.486 e. The third kappa shape index (κ3) is 4.75. The first kappa shape index (κ1) is 16.9. The molecule has 0 aliphatic carbocycles. The van der Waals surface area contributed by atoms with Crippen LogP contribution >= 0.6 is 0 Å². The molecule has 6 nitrogen and oxygen atoms in total. The fourth-order valence-corrected chi connectivity index (χ4v) is 1.85. The van der Waals surface area contributed by atoms with Gasteiger partial charge < -0.3 is 15.2 Å². The molecule has 1 atom stereocenters. The topological polar surface area (TPSA) is 76.4 Å². The first-order chi connectivity index (χ1) is 11.0. The van der Waals surface area contributed by atoms with Gasteiger partial charge in [-0.05, 0) is 25.1 Å². The molecule has 124 valence electrons.